The van der Waals surface area contributed by atoms with Gasteiger partial charge in [-0.2, -0.15) is 0 Å². The van der Waals surface area contributed by atoms with Crippen LogP contribution in [0.1, 0.15) is 6.92 Å². The lowest BCUT2D eigenvalue weighted by Crippen LogP contribution is -2.47. The van der Waals surface area contributed by atoms with Gasteiger partial charge >= 0.3 is 0 Å². The van der Waals surface area contributed by atoms with Crippen LogP contribution in [-0.4, -0.2) is 68.1 Å². The first-order valence-electron chi connectivity index (χ1n) is 4.80. The minimum Gasteiger partial charge on any atom is -0.394 e. The molecular formula is C10H16O7. The molecule has 0 spiro atoms. The summed E-state index contributed by atoms with van der Waals surface area (Å²) in [6.45, 7) is 3.71. The molecule has 0 saturated heterocycles. The van der Waals surface area contributed by atoms with Crippen molar-refractivity contribution in [3.63, 3.8) is 0 Å². The molecule has 0 rings (SSSR count). The predicted molar refractivity (Wildman–Crippen MR) is 55.9 cm³/mol. The van der Waals surface area contributed by atoms with Gasteiger partial charge in [0.15, 0.2) is 0 Å². The van der Waals surface area contributed by atoms with Gasteiger partial charge in [-0.15, -0.1) is 0 Å². The van der Waals surface area contributed by atoms with Crippen molar-refractivity contribution in [2.75, 3.05) is 6.61 Å². The van der Waals surface area contributed by atoms with Crippen molar-refractivity contribution in [1.82, 2.24) is 0 Å². The van der Waals surface area contributed by atoms with Crippen LogP contribution in [-0.2, 0) is 9.59 Å². The quantitative estimate of drug-likeness (QED) is 0.241. The van der Waals surface area contributed by atoms with E-state index in [1.54, 1.807) is 0 Å². The molecule has 0 saturated carbocycles. The van der Waals surface area contributed by atoms with Crippen molar-refractivity contribution >= 4 is 11.6 Å². The lowest BCUT2D eigenvalue weighted by Gasteiger charge is -2.19. The summed E-state index contributed by atoms with van der Waals surface area (Å²) < 4.78 is 0. The Bertz CT molecular complexity index is 312. The molecule has 0 bridgehead atoms. The highest BCUT2D eigenvalue weighted by molar-refractivity contribution is 6.40. The Morgan fingerprint density at radius 1 is 1.00 bits per heavy atom. The van der Waals surface area contributed by atoms with E-state index in [-0.39, 0.29) is 5.57 Å². The van der Waals surface area contributed by atoms with Crippen LogP contribution in [0.3, 0.4) is 0 Å². The maximum atomic E-state index is 11.3. The Balaban J connectivity index is 4.71. The van der Waals surface area contributed by atoms with Crippen LogP contribution in [0.2, 0.25) is 0 Å². The van der Waals surface area contributed by atoms with Gasteiger partial charge in [0.2, 0.25) is 11.6 Å². The summed E-state index contributed by atoms with van der Waals surface area (Å²) in [4.78, 5) is 22.5. The van der Waals surface area contributed by atoms with Crippen LogP contribution in [0.4, 0.5) is 0 Å². The standard InChI is InChI=1S/C10H16O7/c1-4(2)6(13)8(15)10(17)9(16)7(14)5(12)3-11/h5-8,11-15H,1,3H2,2H3/t5-,6?,7-,8?/m1/s1. The Hall–Kier alpha value is -1.12. The van der Waals surface area contributed by atoms with Crippen molar-refractivity contribution in [1.29, 1.82) is 0 Å². The van der Waals surface area contributed by atoms with Gasteiger partial charge in [0, 0.05) is 0 Å². The van der Waals surface area contributed by atoms with E-state index in [0.29, 0.717) is 0 Å². The number of Topliss-reactive ketones (excluding diaryl/α,β-unsaturated/α-hetero) is 2. The van der Waals surface area contributed by atoms with Crippen molar-refractivity contribution < 1.29 is 35.1 Å². The number of carbonyl (C=O) groups is 2. The molecule has 2 unspecified atom stereocenters. The number of hydrogen-bond acceptors (Lipinski definition) is 7. The van der Waals surface area contributed by atoms with Gasteiger partial charge in [0.1, 0.15) is 24.4 Å². The zero-order chi connectivity index (χ0) is 13.7. The average molecular weight is 248 g/mol. The molecule has 0 aromatic carbocycles. The molecule has 5 N–H and O–H groups in total. The second-order valence-corrected chi connectivity index (χ2v) is 3.66. The molecule has 0 aliphatic heterocycles. The molecule has 7 heteroatoms. The van der Waals surface area contributed by atoms with E-state index >= 15 is 0 Å². The zero-order valence-corrected chi connectivity index (χ0v) is 9.28. The maximum Gasteiger partial charge on any atom is 0.232 e. The molecule has 0 radical (unpaired) electrons. The molecular weight excluding hydrogens is 232 g/mol. The first-order valence-corrected chi connectivity index (χ1v) is 4.80. The molecule has 0 aromatic heterocycles. The molecule has 17 heavy (non-hydrogen) atoms. The van der Waals surface area contributed by atoms with E-state index in [1.165, 1.54) is 6.92 Å². The predicted octanol–water partition coefficient (Wildman–Crippen LogP) is -2.86. The summed E-state index contributed by atoms with van der Waals surface area (Å²) >= 11 is 0. The number of ketones is 2. The van der Waals surface area contributed by atoms with Crippen molar-refractivity contribution in [3.05, 3.63) is 12.2 Å². The molecule has 0 heterocycles. The minimum atomic E-state index is -2.14. The molecule has 0 aromatic rings. The Labute approximate surface area is 97.6 Å². The summed E-state index contributed by atoms with van der Waals surface area (Å²) in [6, 6.07) is 0. The number of aliphatic hydroxyl groups excluding tert-OH is 5. The van der Waals surface area contributed by atoms with Crippen LogP contribution >= 0.6 is 0 Å². The van der Waals surface area contributed by atoms with Crippen LogP contribution in [0.15, 0.2) is 12.2 Å². The largest absolute Gasteiger partial charge is 0.394 e. The number of carbonyl (C=O) groups excluding carboxylic acids is 2. The molecule has 98 valence electrons. The van der Waals surface area contributed by atoms with E-state index in [4.69, 9.17) is 15.3 Å². The minimum absolute atomic E-state index is 0.0656. The highest BCUT2D eigenvalue weighted by Gasteiger charge is 2.36. The number of aliphatic hydroxyl groups is 5. The van der Waals surface area contributed by atoms with Gasteiger partial charge in [-0.1, -0.05) is 6.58 Å². The van der Waals surface area contributed by atoms with Gasteiger partial charge in [0.05, 0.1) is 6.61 Å². The van der Waals surface area contributed by atoms with Gasteiger partial charge in [-0.3, -0.25) is 9.59 Å². The van der Waals surface area contributed by atoms with Crippen LogP contribution in [0.5, 0.6) is 0 Å². The molecule has 0 fully saturated rings. The van der Waals surface area contributed by atoms with Gasteiger partial charge in [-0.05, 0) is 12.5 Å². The SMILES string of the molecule is C=C(C)C(O)C(O)C(=O)C(=O)[C@H](O)[C@H](O)CO. The fraction of sp³-hybridized carbons (Fsp3) is 0.600. The molecule has 4 atom stereocenters. The normalized spacial score (nSPS) is 18.0. The van der Waals surface area contributed by atoms with Crippen LogP contribution in [0, 0.1) is 0 Å². The monoisotopic (exact) mass is 248 g/mol. The lowest BCUT2D eigenvalue weighted by molar-refractivity contribution is -0.152. The first-order chi connectivity index (χ1) is 7.73. The third-order valence-electron chi connectivity index (χ3n) is 2.14. The zero-order valence-electron chi connectivity index (χ0n) is 9.28. The topological polar surface area (TPSA) is 135 Å². The molecule has 0 amide bonds. The van der Waals surface area contributed by atoms with Crippen molar-refractivity contribution in [2.24, 2.45) is 0 Å². The number of hydrogen-bond donors (Lipinski definition) is 5. The Morgan fingerprint density at radius 2 is 1.41 bits per heavy atom. The van der Waals surface area contributed by atoms with E-state index in [1.807, 2.05) is 0 Å². The Morgan fingerprint density at radius 3 is 1.76 bits per heavy atom. The third kappa shape index (κ3) is 3.99. The Kier molecular flexibility index (Phi) is 6.14. The fourth-order valence-corrected chi connectivity index (χ4v) is 0.979. The summed E-state index contributed by atoms with van der Waals surface area (Å²) in [5.41, 5.74) is 0.0656. The average Bonchev–Trinajstić information content (AvgIpc) is 2.32. The van der Waals surface area contributed by atoms with Crippen LogP contribution in [0.25, 0.3) is 0 Å². The van der Waals surface area contributed by atoms with Gasteiger partial charge < -0.3 is 25.5 Å². The second-order valence-electron chi connectivity index (χ2n) is 3.66. The summed E-state index contributed by atoms with van der Waals surface area (Å²) in [5.74, 6) is -2.94. The van der Waals surface area contributed by atoms with E-state index in [9.17, 15) is 19.8 Å². The summed E-state index contributed by atoms with van der Waals surface area (Å²) in [6.07, 6.45) is -7.65. The molecule has 7 nitrogen and oxygen atoms in total. The van der Waals surface area contributed by atoms with E-state index < -0.39 is 42.6 Å². The highest BCUT2D eigenvalue weighted by atomic mass is 16.4. The molecule has 0 aliphatic carbocycles. The number of rotatable bonds is 7. The second kappa shape index (κ2) is 6.58. The summed E-state index contributed by atoms with van der Waals surface area (Å²) in [5, 5.41) is 45.1. The maximum absolute atomic E-state index is 11.3. The van der Waals surface area contributed by atoms with Crippen LogP contribution < -0.4 is 0 Å². The van der Waals surface area contributed by atoms with Gasteiger partial charge in [-0.25, -0.2) is 0 Å². The first kappa shape index (κ1) is 15.9. The fourth-order valence-electron chi connectivity index (χ4n) is 0.979. The smallest absolute Gasteiger partial charge is 0.232 e. The summed E-state index contributed by atoms with van der Waals surface area (Å²) in [7, 11) is 0. The van der Waals surface area contributed by atoms with Gasteiger partial charge in [0.25, 0.3) is 0 Å². The molecule has 0 aliphatic rings. The van der Waals surface area contributed by atoms with E-state index in [2.05, 4.69) is 6.58 Å². The lowest BCUT2D eigenvalue weighted by atomic mass is 9.97. The van der Waals surface area contributed by atoms with E-state index in [0.717, 1.165) is 0 Å². The van der Waals surface area contributed by atoms with Crippen molar-refractivity contribution in [2.45, 2.75) is 31.3 Å². The van der Waals surface area contributed by atoms with Crippen molar-refractivity contribution in [3.8, 4) is 0 Å². The highest BCUT2D eigenvalue weighted by Crippen LogP contribution is 2.07. The third-order valence-corrected chi connectivity index (χ3v) is 2.14.